The van der Waals surface area contributed by atoms with E-state index >= 15 is 0 Å². The number of carboxylic acids is 1. The summed E-state index contributed by atoms with van der Waals surface area (Å²) in [4.78, 5) is 12.5. The van der Waals surface area contributed by atoms with E-state index in [1.54, 1.807) is 0 Å². The fraction of sp³-hybridized carbons (Fsp3) is 0.357. The monoisotopic (exact) mass is 249 g/mol. The molecule has 18 heavy (non-hydrogen) atoms. The fourth-order valence-electron chi connectivity index (χ4n) is 1.42. The number of benzene rings is 1. The molecule has 0 saturated heterocycles. The van der Waals surface area contributed by atoms with E-state index in [4.69, 9.17) is 9.84 Å². The zero-order valence-electron chi connectivity index (χ0n) is 10.8. The summed E-state index contributed by atoms with van der Waals surface area (Å²) in [6.07, 6.45) is 1.10. The van der Waals surface area contributed by atoms with Crippen LogP contribution in [0.2, 0.25) is 0 Å². The van der Waals surface area contributed by atoms with Crippen LogP contribution in [0.15, 0.2) is 36.4 Å². The van der Waals surface area contributed by atoms with E-state index in [0.717, 1.165) is 11.4 Å². The first-order chi connectivity index (χ1) is 8.50. The van der Waals surface area contributed by atoms with Gasteiger partial charge in [0.2, 0.25) is 0 Å². The normalized spacial score (nSPS) is 9.89. The predicted octanol–water partition coefficient (Wildman–Crippen LogP) is 2.55. The SMILES string of the molecule is C=C(CCCOc1ccc(N(C)C)cc1)C(=O)O. The Balaban J connectivity index is 2.31. The molecule has 0 aliphatic carbocycles. The third-order valence-electron chi connectivity index (χ3n) is 2.55. The van der Waals surface area contributed by atoms with Gasteiger partial charge in [-0.25, -0.2) is 4.79 Å². The van der Waals surface area contributed by atoms with Gasteiger partial charge < -0.3 is 14.7 Å². The Hall–Kier alpha value is -1.97. The van der Waals surface area contributed by atoms with Crippen LogP contribution in [-0.2, 0) is 4.79 Å². The molecule has 0 fully saturated rings. The minimum absolute atomic E-state index is 0.224. The molecule has 0 aliphatic heterocycles. The molecule has 0 radical (unpaired) electrons. The quantitative estimate of drug-likeness (QED) is 0.596. The maximum Gasteiger partial charge on any atom is 0.330 e. The highest BCUT2D eigenvalue weighted by Gasteiger charge is 2.03. The average Bonchev–Trinajstić information content (AvgIpc) is 2.34. The van der Waals surface area contributed by atoms with E-state index < -0.39 is 5.97 Å². The molecule has 0 spiro atoms. The third kappa shape index (κ3) is 4.49. The van der Waals surface area contributed by atoms with Gasteiger partial charge in [0.1, 0.15) is 5.75 Å². The zero-order chi connectivity index (χ0) is 13.5. The summed E-state index contributed by atoms with van der Waals surface area (Å²) in [6.45, 7) is 3.96. The highest BCUT2D eigenvalue weighted by molar-refractivity contribution is 5.85. The summed E-state index contributed by atoms with van der Waals surface area (Å²) in [5.74, 6) is -0.146. The Kier molecular flexibility index (Phi) is 5.24. The third-order valence-corrected chi connectivity index (χ3v) is 2.55. The molecule has 1 aromatic carbocycles. The van der Waals surface area contributed by atoms with Crippen LogP contribution >= 0.6 is 0 Å². The van der Waals surface area contributed by atoms with Crippen molar-refractivity contribution in [3.8, 4) is 5.75 Å². The number of carboxylic acid groups (broad SMARTS) is 1. The van der Waals surface area contributed by atoms with Crippen LogP contribution in [0.1, 0.15) is 12.8 Å². The summed E-state index contributed by atoms with van der Waals surface area (Å²) in [5.41, 5.74) is 1.34. The Morgan fingerprint density at radius 3 is 2.44 bits per heavy atom. The van der Waals surface area contributed by atoms with Crippen molar-refractivity contribution in [1.82, 2.24) is 0 Å². The van der Waals surface area contributed by atoms with Gasteiger partial charge in [0.15, 0.2) is 0 Å². The van der Waals surface area contributed by atoms with Crippen molar-refractivity contribution in [1.29, 1.82) is 0 Å². The van der Waals surface area contributed by atoms with Gasteiger partial charge in [-0.3, -0.25) is 0 Å². The Morgan fingerprint density at radius 2 is 1.94 bits per heavy atom. The van der Waals surface area contributed by atoms with Crippen LogP contribution in [0.4, 0.5) is 5.69 Å². The number of carbonyl (C=O) groups is 1. The lowest BCUT2D eigenvalue weighted by molar-refractivity contribution is -0.132. The van der Waals surface area contributed by atoms with Gasteiger partial charge in [-0.05, 0) is 37.1 Å². The van der Waals surface area contributed by atoms with Gasteiger partial charge in [-0.2, -0.15) is 0 Å². The van der Waals surface area contributed by atoms with Crippen LogP contribution in [-0.4, -0.2) is 31.8 Å². The van der Waals surface area contributed by atoms with Crippen molar-refractivity contribution in [3.63, 3.8) is 0 Å². The first kappa shape index (κ1) is 14.1. The van der Waals surface area contributed by atoms with Crippen LogP contribution in [0, 0.1) is 0 Å². The van der Waals surface area contributed by atoms with E-state index in [0.29, 0.717) is 19.4 Å². The Bertz CT molecular complexity index is 410. The Morgan fingerprint density at radius 1 is 1.33 bits per heavy atom. The lowest BCUT2D eigenvalue weighted by Crippen LogP contribution is -2.08. The van der Waals surface area contributed by atoms with Crippen LogP contribution < -0.4 is 9.64 Å². The molecule has 0 atom stereocenters. The average molecular weight is 249 g/mol. The van der Waals surface area contributed by atoms with Gasteiger partial charge >= 0.3 is 5.97 Å². The maximum absolute atomic E-state index is 10.5. The van der Waals surface area contributed by atoms with Crippen molar-refractivity contribution in [2.24, 2.45) is 0 Å². The molecule has 0 unspecified atom stereocenters. The second-order valence-electron chi connectivity index (χ2n) is 4.25. The van der Waals surface area contributed by atoms with Crippen LogP contribution in [0.25, 0.3) is 0 Å². The first-order valence-corrected chi connectivity index (χ1v) is 5.82. The van der Waals surface area contributed by atoms with Gasteiger partial charge in [-0.15, -0.1) is 0 Å². The van der Waals surface area contributed by atoms with Gasteiger partial charge in [0.05, 0.1) is 6.61 Å². The zero-order valence-corrected chi connectivity index (χ0v) is 10.8. The molecule has 0 saturated carbocycles. The van der Waals surface area contributed by atoms with Crippen molar-refractivity contribution in [2.75, 3.05) is 25.6 Å². The summed E-state index contributed by atoms with van der Waals surface area (Å²) in [5, 5.41) is 8.64. The van der Waals surface area contributed by atoms with Crippen molar-refractivity contribution < 1.29 is 14.6 Å². The highest BCUT2D eigenvalue weighted by Crippen LogP contribution is 2.17. The number of anilines is 1. The topological polar surface area (TPSA) is 49.8 Å². The van der Waals surface area contributed by atoms with Crippen molar-refractivity contribution >= 4 is 11.7 Å². The predicted molar refractivity (Wildman–Crippen MR) is 72.3 cm³/mol. The van der Waals surface area contributed by atoms with Crippen molar-refractivity contribution in [3.05, 3.63) is 36.4 Å². The van der Waals surface area contributed by atoms with E-state index in [1.165, 1.54) is 0 Å². The highest BCUT2D eigenvalue weighted by atomic mass is 16.5. The lowest BCUT2D eigenvalue weighted by atomic mass is 10.2. The Labute approximate surface area is 107 Å². The van der Waals surface area contributed by atoms with E-state index in [2.05, 4.69) is 6.58 Å². The van der Waals surface area contributed by atoms with E-state index in [-0.39, 0.29) is 5.57 Å². The van der Waals surface area contributed by atoms with Gasteiger partial charge in [0.25, 0.3) is 0 Å². The van der Waals surface area contributed by atoms with Crippen LogP contribution in [0.5, 0.6) is 5.75 Å². The molecule has 0 bridgehead atoms. The molecule has 1 aromatic rings. The summed E-state index contributed by atoms with van der Waals surface area (Å²) in [6, 6.07) is 7.76. The first-order valence-electron chi connectivity index (χ1n) is 5.82. The molecule has 0 heterocycles. The number of aliphatic carboxylic acids is 1. The molecule has 4 nitrogen and oxygen atoms in total. The van der Waals surface area contributed by atoms with Gasteiger partial charge in [0, 0.05) is 25.4 Å². The fourth-order valence-corrected chi connectivity index (χ4v) is 1.42. The number of ether oxygens (including phenoxy) is 1. The maximum atomic E-state index is 10.5. The standard InChI is InChI=1S/C14H19NO3/c1-11(14(16)17)5-4-10-18-13-8-6-12(7-9-13)15(2)3/h6-9H,1,4-5,10H2,2-3H3,(H,16,17). The lowest BCUT2D eigenvalue weighted by Gasteiger charge is -2.13. The molecule has 0 aliphatic rings. The number of nitrogens with zero attached hydrogens (tertiary/aromatic N) is 1. The summed E-state index contributed by atoms with van der Waals surface area (Å²) in [7, 11) is 3.96. The smallest absolute Gasteiger partial charge is 0.330 e. The van der Waals surface area contributed by atoms with Gasteiger partial charge in [-0.1, -0.05) is 6.58 Å². The second kappa shape index (κ2) is 6.69. The molecule has 98 valence electrons. The molecule has 0 aromatic heterocycles. The minimum atomic E-state index is -0.940. The number of hydrogen-bond donors (Lipinski definition) is 1. The molecule has 1 N–H and O–H groups in total. The molecule has 4 heteroatoms. The summed E-state index contributed by atoms with van der Waals surface area (Å²) >= 11 is 0. The van der Waals surface area contributed by atoms with E-state index in [9.17, 15) is 4.79 Å². The molecule has 0 amide bonds. The number of hydrogen-bond acceptors (Lipinski definition) is 3. The summed E-state index contributed by atoms with van der Waals surface area (Å²) < 4.78 is 5.52. The molecular formula is C14H19NO3. The van der Waals surface area contributed by atoms with Crippen LogP contribution in [0.3, 0.4) is 0 Å². The largest absolute Gasteiger partial charge is 0.494 e. The minimum Gasteiger partial charge on any atom is -0.494 e. The molecule has 1 rings (SSSR count). The van der Waals surface area contributed by atoms with E-state index in [1.807, 2.05) is 43.3 Å². The second-order valence-corrected chi connectivity index (χ2v) is 4.25. The number of rotatable bonds is 7. The van der Waals surface area contributed by atoms with Crippen molar-refractivity contribution in [2.45, 2.75) is 12.8 Å². The molecular weight excluding hydrogens is 230 g/mol.